The van der Waals surface area contributed by atoms with Crippen LogP contribution in [0.2, 0.25) is 5.02 Å². The summed E-state index contributed by atoms with van der Waals surface area (Å²) in [4.78, 5) is 25.8. The van der Waals surface area contributed by atoms with Crippen LogP contribution in [-0.4, -0.2) is 23.9 Å². The van der Waals surface area contributed by atoms with Gasteiger partial charge in [-0.15, -0.1) is 0 Å². The molecule has 0 radical (unpaired) electrons. The molecule has 1 aliphatic heterocycles. The van der Waals surface area contributed by atoms with Gasteiger partial charge in [-0.2, -0.15) is 0 Å². The summed E-state index contributed by atoms with van der Waals surface area (Å²) in [5, 5.41) is 3.92. The first-order valence-corrected chi connectivity index (χ1v) is 7.41. The zero-order chi connectivity index (χ0) is 14.1. The molecule has 2 amide bonds. The monoisotopic (exact) mass is 292 g/mol. The zero-order valence-electron chi connectivity index (χ0n) is 11.1. The molecule has 2 aliphatic rings. The van der Waals surface area contributed by atoms with Crippen molar-refractivity contribution in [2.45, 2.75) is 44.2 Å². The van der Waals surface area contributed by atoms with Crippen molar-refractivity contribution in [3.05, 3.63) is 29.3 Å². The quantitative estimate of drug-likeness (QED) is 0.871. The van der Waals surface area contributed by atoms with Crippen molar-refractivity contribution < 1.29 is 9.59 Å². The summed E-state index contributed by atoms with van der Waals surface area (Å²) in [5.74, 6) is -0.294. The number of halogens is 1. The average molecular weight is 293 g/mol. The van der Waals surface area contributed by atoms with Crippen molar-refractivity contribution in [2.24, 2.45) is 0 Å². The first kappa shape index (κ1) is 13.6. The van der Waals surface area contributed by atoms with Crippen LogP contribution in [0.3, 0.4) is 0 Å². The maximum absolute atomic E-state index is 12.4. The van der Waals surface area contributed by atoms with Crippen LogP contribution in [0.1, 0.15) is 32.1 Å². The van der Waals surface area contributed by atoms with Crippen molar-refractivity contribution in [3.8, 4) is 0 Å². The molecule has 1 aliphatic carbocycles. The van der Waals surface area contributed by atoms with Gasteiger partial charge < -0.3 is 5.32 Å². The summed E-state index contributed by atoms with van der Waals surface area (Å²) in [5.41, 5.74) is 0.597. The fourth-order valence-electron chi connectivity index (χ4n) is 3.00. The maximum atomic E-state index is 12.4. The number of anilines is 1. The van der Waals surface area contributed by atoms with Crippen LogP contribution < -0.4 is 10.2 Å². The van der Waals surface area contributed by atoms with E-state index in [4.69, 9.17) is 11.6 Å². The van der Waals surface area contributed by atoms with E-state index in [1.54, 1.807) is 24.3 Å². The molecule has 2 fully saturated rings. The number of amides is 2. The molecule has 1 aromatic rings. The van der Waals surface area contributed by atoms with E-state index >= 15 is 0 Å². The maximum Gasteiger partial charge on any atom is 0.251 e. The number of carbonyl (C=O) groups excluding carboxylic acids is 2. The van der Waals surface area contributed by atoms with E-state index in [9.17, 15) is 9.59 Å². The minimum absolute atomic E-state index is 0.146. The topological polar surface area (TPSA) is 49.4 Å². The van der Waals surface area contributed by atoms with Crippen LogP contribution in [0.5, 0.6) is 0 Å². The molecule has 0 aromatic heterocycles. The lowest BCUT2D eigenvalue weighted by molar-refractivity contribution is -0.121. The molecule has 0 bridgehead atoms. The Bertz CT molecular complexity index is 523. The Hall–Kier alpha value is -1.39. The number of nitrogens with one attached hydrogen (secondary N) is 1. The minimum atomic E-state index is -0.374. The van der Waals surface area contributed by atoms with Gasteiger partial charge in [-0.3, -0.25) is 9.59 Å². The Kier molecular flexibility index (Phi) is 3.76. The molecule has 1 N–H and O–H groups in total. The van der Waals surface area contributed by atoms with Gasteiger partial charge >= 0.3 is 0 Å². The summed E-state index contributed by atoms with van der Waals surface area (Å²) >= 11 is 5.83. The molecule has 3 rings (SSSR count). The first-order valence-electron chi connectivity index (χ1n) is 7.03. The predicted molar refractivity (Wildman–Crippen MR) is 77.7 cm³/mol. The van der Waals surface area contributed by atoms with Crippen LogP contribution in [0, 0.1) is 0 Å². The Morgan fingerprint density at radius 3 is 2.40 bits per heavy atom. The highest BCUT2D eigenvalue weighted by atomic mass is 35.5. The Labute approximate surface area is 123 Å². The molecular weight excluding hydrogens is 276 g/mol. The van der Waals surface area contributed by atoms with Crippen molar-refractivity contribution in [1.82, 2.24) is 5.32 Å². The number of carbonyl (C=O) groups is 2. The number of nitrogens with zero attached hydrogens (tertiary/aromatic N) is 1. The molecule has 4 nitrogen and oxygen atoms in total. The summed E-state index contributed by atoms with van der Waals surface area (Å²) in [6.07, 6.45) is 4.84. The second kappa shape index (κ2) is 5.54. The molecule has 0 unspecified atom stereocenters. The van der Waals surface area contributed by atoms with Crippen molar-refractivity contribution in [1.29, 1.82) is 0 Å². The fraction of sp³-hybridized carbons (Fsp3) is 0.467. The van der Waals surface area contributed by atoms with Gasteiger partial charge in [0, 0.05) is 11.1 Å². The summed E-state index contributed by atoms with van der Waals surface area (Å²) in [7, 11) is 0. The Balaban J connectivity index is 1.74. The summed E-state index contributed by atoms with van der Waals surface area (Å²) < 4.78 is 0. The van der Waals surface area contributed by atoms with E-state index in [-0.39, 0.29) is 24.3 Å². The van der Waals surface area contributed by atoms with Gasteiger partial charge in [-0.25, -0.2) is 4.90 Å². The van der Waals surface area contributed by atoms with E-state index in [1.807, 2.05) is 0 Å². The van der Waals surface area contributed by atoms with Gasteiger partial charge in [-0.1, -0.05) is 24.4 Å². The number of imide groups is 1. The van der Waals surface area contributed by atoms with E-state index in [0.717, 1.165) is 12.8 Å². The number of benzene rings is 1. The smallest absolute Gasteiger partial charge is 0.251 e. The van der Waals surface area contributed by atoms with Gasteiger partial charge in [-0.05, 0) is 37.1 Å². The fourth-order valence-corrected chi connectivity index (χ4v) is 3.13. The Morgan fingerprint density at radius 1 is 1.10 bits per heavy atom. The molecular formula is C15H17ClN2O2. The molecule has 0 spiro atoms. The van der Waals surface area contributed by atoms with E-state index in [1.165, 1.54) is 17.7 Å². The van der Waals surface area contributed by atoms with Crippen molar-refractivity contribution in [3.63, 3.8) is 0 Å². The molecule has 5 heteroatoms. The lowest BCUT2D eigenvalue weighted by Gasteiger charge is -2.18. The lowest BCUT2D eigenvalue weighted by atomic mass is 10.2. The van der Waals surface area contributed by atoms with Gasteiger partial charge in [0.2, 0.25) is 5.91 Å². The van der Waals surface area contributed by atoms with Gasteiger partial charge in [0.05, 0.1) is 18.2 Å². The van der Waals surface area contributed by atoms with Crippen molar-refractivity contribution >= 4 is 29.1 Å². The molecule has 1 heterocycles. The summed E-state index contributed by atoms with van der Waals surface area (Å²) in [6.45, 7) is 0. The normalized spacial score (nSPS) is 23.9. The lowest BCUT2D eigenvalue weighted by Crippen LogP contribution is -2.42. The first-order chi connectivity index (χ1) is 9.65. The van der Waals surface area contributed by atoms with Crippen LogP contribution in [0.15, 0.2) is 24.3 Å². The zero-order valence-corrected chi connectivity index (χ0v) is 11.9. The van der Waals surface area contributed by atoms with E-state index in [0.29, 0.717) is 16.8 Å². The largest absolute Gasteiger partial charge is 0.303 e. The molecule has 1 atom stereocenters. The Morgan fingerprint density at radius 2 is 1.75 bits per heavy atom. The minimum Gasteiger partial charge on any atom is -0.303 e. The average Bonchev–Trinajstić information content (AvgIpc) is 3.02. The highest BCUT2D eigenvalue weighted by Gasteiger charge is 2.40. The van der Waals surface area contributed by atoms with Gasteiger partial charge in [0.25, 0.3) is 5.91 Å². The van der Waals surface area contributed by atoms with E-state index in [2.05, 4.69) is 5.32 Å². The molecule has 20 heavy (non-hydrogen) atoms. The van der Waals surface area contributed by atoms with Crippen LogP contribution in [0.25, 0.3) is 0 Å². The third-order valence-corrected chi connectivity index (χ3v) is 4.28. The molecule has 106 valence electrons. The van der Waals surface area contributed by atoms with Crippen LogP contribution >= 0.6 is 11.6 Å². The molecule has 1 aromatic carbocycles. The van der Waals surface area contributed by atoms with Crippen LogP contribution in [0.4, 0.5) is 5.69 Å². The highest BCUT2D eigenvalue weighted by Crippen LogP contribution is 2.26. The third kappa shape index (κ3) is 2.58. The van der Waals surface area contributed by atoms with Gasteiger partial charge in [0.15, 0.2) is 0 Å². The summed E-state index contributed by atoms with van der Waals surface area (Å²) in [6, 6.07) is 6.79. The second-order valence-electron chi connectivity index (χ2n) is 5.45. The standard InChI is InChI=1S/C15H17ClN2O2/c16-10-5-7-12(8-6-10)18-14(19)9-13(15(18)20)17-11-3-1-2-4-11/h5-8,11,13,17H,1-4,9H2/t13-/m0/s1. The second-order valence-corrected chi connectivity index (χ2v) is 5.88. The van der Waals surface area contributed by atoms with Gasteiger partial charge in [0.1, 0.15) is 0 Å². The van der Waals surface area contributed by atoms with Crippen LogP contribution in [-0.2, 0) is 9.59 Å². The number of rotatable bonds is 3. The number of hydrogen-bond donors (Lipinski definition) is 1. The predicted octanol–water partition coefficient (Wildman–Crippen LogP) is 2.50. The van der Waals surface area contributed by atoms with E-state index < -0.39 is 0 Å². The molecule has 1 saturated heterocycles. The SMILES string of the molecule is O=C1C[C@H](NC2CCCC2)C(=O)N1c1ccc(Cl)cc1. The third-order valence-electron chi connectivity index (χ3n) is 4.02. The van der Waals surface area contributed by atoms with Crippen molar-refractivity contribution in [2.75, 3.05) is 4.90 Å². The highest BCUT2D eigenvalue weighted by molar-refractivity contribution is 6.30. The number of hydrogen-bond acceptors (Lipinski definition) is 3. The molecule has 1 saturated carbocycles.